The molecule has 2 aromatic rings. The maximum atomic E-state index is 11.9. The first-order chi connectivity index (χ1) is 11.7. The van der Waals surface area contributed by atoms with Crippen LogP contribution in [0.4, 0.5) is 4.79 Å². The highest BCUT2D eigenvalue weighted by molar-refractivity contribution is 5.74. The van der Waals surface area contributed by atoms with E-state index in [-0.39, 0.29) is 6.03 Å². The first-order valence-electron chi connectivity index (χ1n) is 8.05. The van der Waals surface area contributed by atoms with Crippen LogP contribution in [0.5, 0.6) is 5.75 Å². The van der Waals surface area contributed by atoms with E-state index in [4.69, 9.17) is 9.47 Å². The zero-order valence-corrected chi connectivity index (χ0v) is 13.8. The molecule has 0 radical (unpaired) electrons. The molecule has 1 aromatic heterocycles. The highest BCUT2D eigenvalue weighted by Crippen LogP contribution is 2.23. The van der Waals surface area contributed by atoms with Crippen LogP contribution in [0.15, 0.2) is 36.7 Å². The largest absolute Gasteiger partial charge is 0.492 e. The summed E-state index contributed by atoms with van der Waals surface area (Å²) in [5, 5.41) is 7.04. The number of rotatable bonds is 5. The summed E-state index contributed by atoms with van der Waals surface area (Å²) in [5.74, 6) is 0.775. The molecule has 7 heteroatoms. The van der Waals surface area contributed by atoms with Crippen LogP contribution in [0.1, 0.15) is 0 Å². The number of aromatic nitrogens is 2. The maximum Gasteiger partial charge on any atom is 0.317 e. The smallest absolute Gasteiger partial charge is 0.317 e. The lowest BCUT2D eigenvalue weighted by Gasteiger charge is -2.26. The van der Waals surface area contributed by atoms with Gasteiger partial charge in [-0.1, -0.05) is 12.1 Å². The molecule has 0 aliphatic carbocycles. The number of nitrogens with zero attached hydrogens (tertiary/aromatic N) is 3. The summed E-state index contributed by atoms with van der Waals surface area (Å²) in [5.41, 5.74) is 2.10. The van der Waals surface area contributed by atoms with E-state index in [2.05, 4.69) is 10.4 Å². The molecule has 0 bridgehead atoms. The Morgan fingerprint density at radius 3 is 2.92 bits per heavy atom. The normalized spacial score (nSPS) is 14.5. The molecule has 1 aliphatic heterocycles. The number of morpholine rings is 1. The monoisotopic (exact) mass is 330 g/mol. The van der Waals surface area contributed by atoms with Gasteiger partial charge >= 0.3 is 6.03 Å². The summed E-state index contributed by atoms with van der Waals surface area (Å²) < 4.78 is 12.7. The molecular weight excluding hydrogens is 308 g/mol. The van der Waals surface area contributed by atoms with E-state index in [0.29, 0.717) is 39.5 Å². The lowest BCUT2D eigenvalue weighted by molar-refractivity contribution is 0.0530. The Balaban J connectivity index is 1.46. The van der Waals surface area contributed by atoms with Crippen LogP contribution in [0.25, 0.3) is 11.1 Å². The van der Waals surface area contributed by atoms with Crippen molar-refractivity contribution in [2.45, 2.75) is 0 Å². The predicted molar refractivity (Wildman–Crippen MR) is 89.9 cm³/mol. The van der Waals surface area contributed by atoms with E-state index in [1.165, 1.54) is 0 Å². The van der Waals surface area contributed by atoms with Gasteiger partial charge in [0, 0.05) is 31.9 Å². The number of ether oxygens (including phenoxy) is 2. The second kappa shape index (κ2) is 7.83. The second-order valence-electron chi connectivity index (χ2n) is 5.61. The number of benzene rings is 1. The van der Waals surface area contributed by atoms with E-state index in [1.54, 1.807) is 9.58 Å². The Morgan fingerprint density at radius 2 is 2.17 bits per heavy atom. The van der Waals surface area contributed by atoms with Crippen molar-refractivity contribution in [1.82, 2.24) is 20.0 Å². The number of carbonyl (C=O) groups excluding carboxylic acids is 1. The number of hydrogen-bond donors (Lipinski definition) is 1. The molecule has 1 saturated heterocycles. The van der Waals surface area contributed by atoms with Crippen LogP contribution in [0, 0.1) is 0 Å². The minimum atomic E-state index is -0.0639. The number of hydrogen-bond acceptors (Lipinski definition) is 4. The topological polar surface area (TPSA) is 68.6 Å². The predicted octanol–water partition coefficient (Wildman–Crippen LogP) is 1.51. The van der Waals surface area contributed by atoms with Crippen LogP contribution in [0.2, 0.25) is 0 Å². The van der Waals surface area contributed by atoms with Gasteiger partial charge in [-0.2, -0.15) is 5.10 Å². The second-order valence-corrected chi connectivity index (χ2v) is 5.61. The lowest BCUT2D eigenvalue weighted by atomic mass is 10.1. The third-order valence-corrected chi connectivity index (χ3v) is 3.82. The summed E-state index contributed by atoms with van der Waals surface area (Å²) in [7, 11) is 1.89. The van der Waals surface area contributed by atoms with Gasteiger partial charge in [0.2, 0.25) is 0 Å². The summed E-state index contributed by atoms with van der Waals surface area (Å²) in [6.45, 7) is 3.37. The average Bonchev–Trinajstić information content (AvgIpc) is 3.06. The van der Waals surface area contributed by atoms with Crippen LogP contribution in [0.3, 0.4) is 0 Å². The molecule has 0 saturated carbocycles. The molecular formula is C17H22N4O3. The fourth-order valence-electron chi connectivity index (χ4n) is 2.54. The molecule has 24 heavy (non-hydrogen) atoms. The van der Waals surface area contributed by atoms with Crippen molar-refractivity contribution in [2.24, 2.45) is 7.05 Å². The van der Waals surface area contributed by atoms with E-state index in [0.717, 1.165) is 16.9 Å². The van der Waals surface area contributed by atoms with Gasteiger partial charge in [-0.15, -0.1) is 0 Å². The molecule has 1 aliphatic rings. The first-order valence-corrected chi connectivity index (χ1v) is 8.05. The van der Waals surface area contributed by atoms with Gasteiger partial charge in [0.25, 0.3) is 0 Å². The lowest BCUT2D eigenvalue weighted by Crippen LogP contribution is -2.47. The molecule has 2 heterocycles. The van der Waals surface area contributed by atoms with E-state index in [9.17, 15) is 4.79 Å². The molecule has 1 aromatic carbocycles. The molecule has 1 N–H and O–H groups in total. The molecule has 0 unspecified atom stereocenters. The molecule has 0 atom stereocenters. The van der Waals surface area contributed by atoms with Crippen LogP contribution in [-0.4, -0.2) is 60.2 Å². The van der Waals surface area contributed by atoms with Gasteiger partial charge in [0.15, 0.2) is 0 Å². The van der Waals surface area contributed by atoms with Crippen LogP contribution >= 0.6 is 0 Å². The van der Waals surface area contributed by atoms with Crippen molar-refractivity contribution in [3.05, 3.63) is 36.7 Å². The molecule has 3 rings (SSSR count). The van der Waals surface area contributed by atoms with Crippen molar-refractivity contribution in [3.63, 3.8) is 0 Å². The minimum Gasteiger partial charge on any atom is -0.492 e. The summed E-state index contributed by atoms with van der Waals surface area (Å²) in [4.78, 5) is 13.7. The molecule has 2 amide bonds. The summed E-state index contributed by atoms with van der Waals surface area (Å²) in [6.07, 6.45) is 3.78. The summed E-state index contributed by atoms with van der Waals surface area (Å²) in [6, 6.07) is 7.78. The van der Waals surface area contributed by atoms with Crippen molar-refractivity contribution >= 4 is 6.03 Å². The number of urea groups is 1. The Bertz CT molecular complexity index is 680. The van der Waals surface area contributed by atoms with Crippen LogP contribution in [-0.2, 0) is 11.8 Å². The van der Waals surface area contributed by atoms with Gasteiger partial charge in [-0.25, -0.2) is 4.79 Å². The maximum absolute atomic E-state index is 11.9. The third kappa shape index (κ3) is 4.26. The minimum absolute atomic E-state index is 0.0639. The highest BCUT2D eigenvalue weighted by Gasteiger charge is 2.15. The number of amides is 2. The number of nitrogens with one attached hydrogen (secondary N) is 1. The van der Waals surface area contributed by atoms with Gasteiger partial charge < -0.3 is 19.7 Å². The summed E-state index contributed by atoms with van der Waals surface area (Å²) >= 11 is 0. The van der Waals surface area contributed by atoms with Crippen molar-refractivity contribution in [1.29, 1.82) is 0 Å². The van der Waals surface area contributed by atoms with Gasteiger partial charge in [-0.05, 0) is 17.7 Å². The zero-order valence-electron chi connectivity index (χ0n) is 13.8. The fourth-order valence-corrected chi connectivity index (χ4v) is 2.54. The van der Waals surface area contributed by atoms with E-state index < -0.39 is 0 Å². The number of carbonyl (C=O) groups is 1. The van der Waals surface area contributed by atoms with Gasteiger partial charge in [0.05, 0.1) is 26.0 Å². The molecule has 0 spiro atoms. The quantitative estimate of drug-likeness (QED) is 0.844. The SMILES string of the molecule is Cn1cc(-c2cccc(OCCNC(=O)N3CCOCC3)c2)cn1. The van der Waals surface area contributed by atoms with E-state index >= 15 is 0 Å². The fraction of sp³-hybridized carbons (Fsp3) is 0.412. The van der Waals surface area contributed by atoms with Crippen molar-refractivity contribution in [3.8, 4) is 16.9 Å². The van der Waals surface area contributed by atoms with Crippen molar-refractivity contribution < 1.29 is 14.3 Å². The molecule has 1 fully saturated rings. The molecule has 128 valence electrons. The van der Waals surface area contributed by atoms with E-state index in [1.807, 2.05) is 43.7 Å². The first kappa shape index (κ1) is 16.3. The highest BCUT2D eigenvalue weighted by atomic mass is 16.5. The Hall–Kier alpha value is -2.54. The standard InChI is InChI=1S/C17H22N4O3/c1-20-13-15(12-19-20)14-3-2-4-16(11-14)24-8-5-18-17(22)21-6-9-23-10-7-21/h2-4,11-13H,5-10H2,1H3,(H,18,22). The number of aryl methyl sites for hydroxylation is 1. The molecule has 7 nitrogen and oxygen atoms in total. The van der Waals surface area contributed by atoms with Gasteiger partial charge in [0.1, 0.15) is 12.4 Å². The Labute approximate surface area is 141 Å². The Kier molecular flexibility index (Phi) is 5.32. The Morgan fingerprint density at radius 1 is 1.33 bits per heavy atom. The van der Waals surface area contributed by atoms with Gasteiger partial charge in [-0.3, -0.25) is 4.68 Å². The third-order valence-electron chi connectivity index (χ3n) is 3.82. The zero-order chi connectivity index (χ0) is 16.8. The van der Waals surface area contributed by atoms with Crippen molar-refractivity contribution in [2.75, 3.05) is 39.5 Å². The average molecular weight is 330 g/mol. The van der Waals surface area contributed by atoms with Crippen LogP contribution < -0.4 is 10.1 Å².